The van der Waals surface area contributed by atoms with Gasteiger partial charge in [0.2, 0.25) is 0 Å². The maximum Gasteiger partial charge on any atom is 0.261 e. The lowest BCUT2D eigenvalue weighted by Crippen LogP contribution is -2.35. The van der Waals surface area contributed by atoms with Gasteiger partial charge in [-0.05, 0) is 55.0 Å². The van der Waals surface area contributed by atoms with Crippen molar-refractivity contribution in [1.29, 1.82) is 0 Å². The fourth-order valence-corrected chi connectivity index (χ4v) is 3.30. The first-order valence-corrected chi connectivity index (χ1v) is 11.5. The lowest BCUT2D eigenvalue weighted by molar-refractivity contribution is 0.0949. The summed E-state index contributed by atoms with van der Waals surface area (Å²) >= 11 is 5.30. The molecule has 0 aromatic heterocycles. The predicted molar refractivity (Wildman–Crippen MR) is 138 cm³/mol. The number of aliphatic hydroxyl groups excluding tert-OH is 1. The Kier molecular flexibility index (Phi) is 10.0. The van der Waals surface area contributed by atoms with E-state index in [4.69, 9.17) is 26.8 Å². The molecule has 0 radical (unpaired) electrons. The van der Waals surface area contributed by atoms with Crippen molar-refractivity contribution in [1.82, 2.24) is 10.6 Å². The smallest absolute Gasteiger partial charge is 0.261 e. The molecule has 182 valence electrons. The van der Waals surface area contributed by atoms with Crippen LogP contribution in [-0.2, 0) is 0 Å². The zero-order chi connectivity index (χ0) is 24.9. The highest BCUT2D eigenvalue weighted by molar-refractivity contribution is 7.80. The summed E-state index contributed by atoms with van der Waals surface area (Å²) in [4.78, 5) is 25.3. The first-order valence-electron chi connectivity index (χ1n) is 11.1. The van der Waals surface area contributed by atoms with Gasteiger partial charge in [-0.15, -0.1) is 0 Å². The molecule has 3 aromatic rings. The van der Waals surface area contributed by atoms with E-state index in [9.17, 15) is 9.59 Å². The number of anilines is 1. The molecule has 0 aliphatic heterocycles. The van der Waals surface area contributed by atoms with Crippen LogP contribution in [0.4, 0.5) is 5.69 Å². The van der Waals surface area contributed by atoms with Gasteiger partial charge >= 0.3 is 0 Å². The van der Waals surface area contributed by atoms with Crippen molar-refractivity contribution in [3.8, 4) is 11.5 Å². The van der Waals surface area contributed by atoms with Gasteiger partial charge in [0, 0.05) is 13.2 Å². The Hall–Kier alpha value is -3.95. The van der Waals surface area contributed by atoms with E-state index in [2.05, 4.69) is 16.0 Å². The maximum atomic E-state index is 12.9. The second-order valence-electron chi connectivity index (χ2n) is 7.29. The number of carbonyl (C=O) groups is 2. The minimum Gasteiger partial charge on any atom is -0.490 e. The third kappa shape index (κ3) is 8.09. The summed E-state index contributed by atoms with van der Waals surface area (Å²) in [6, 6.07) is 23.0. The van der Waals surface area contributed by atoms with Gasteiger partial charge in [-0.1, -0.05) is 42.5 Å². The van der Waals surface area contributed by atoms with Crippen LogP contribution in [0.3, 0.4) is 0 Å². The van der Waals surface area contributed by atoms with Gasteiger partial charge in [-0.3, -0.25) is 14.9 Å². The van der Waals surface area contributed by atoms with Crippen LogP contribution < -0.4 is 25.4 Å². The zero-order valence-electron chi connectivity index (χ0n) is 19.0. The summed E-state index contributed by atoms with van der Waals surface area (Å²) < 4.78 is 11.4. The van der Waals surface area contributed by atoms with E-state index in [0.717, 1.165) is 5.75 Å². The molecule has 0 unspecified atom stereocenters. The predicted octanol–water partition coefficient (Wildman–Crippen LogP) is 3.38. The molecule has 0 saturated carbocycles. The number of rotatable bonds is 11. The molecule has 9 heteroatoms. The summed E-state index contributed by atoms with van der Waals surface area (Å²) in [5.41, 5.74) is 1.12. The third-order valence-corrected chi connectivity index (χ3v) is 4.96. The number of para-hydroxylation sites is 3. The van der Waals surface area contributed by atoms with Gasteiger partial charge < -0.3 is 25.2 Å². The Bertz CT molecular complexity index is 1140. The van der Waals surface area contributed by atoms with Gasteiger partial charge in [0.25, 0.3) is 11.8 Å². The largest absolute Gasteiger partial charge is 0.490 e. The van der Waals surface area contributed by atoms with Gasteiger partial charge in [-0.25, -0.2) is 0 Å². The van der Waals surface area contributed by atoms with Crippen LogP contribution in [0.25, 0.3) is 0 Å². The first kappa shape index (κ1) is 25.7. The number of benzene rings is 3. The van der Waals surface area contributed by atoms with Crippen molar-refractivity contribution >= 4 is 34.8 Å². The summed E-state index contributed by atoms with van der Waals surface area (Å²) in [5, 5.41) is 17.2. The van der Waals surface area contributed by atoms with E-state index < -0.39 is 5.91 Å². The number of hydrogen-bond donors (Lipinski definition) is 4. The monoisotopic (exact) mass is 493 g/mol. The van der Waals surface area contributed by atoms with Crippen LogP contribution >= 0.6 is 12.2 Å². The van der Waals surface area contributed by atoms with E-state index in [0.29, 0.717) is 42.1 Å². The highest BCUT2D eigenvalue weighted by Gasteiger charge is 2.16. The molecule has 0 saturated heterocycles. The Morgan fingerprint density at radius 2 is 1.46 bits per heavy atom. The van der Waals surface area contributed by atoms with E-state index in [1.54, 1.807) is 48.5 Å². The second-order valence-corrected chi connectivity index (χ2v) is 7.70. The number of ether oxygens (including phenoxy) is 2. The summed E-state index contributed by atoms with van der Waals surface area (Å²) in [5.74, 6) is 0.369. The SMILES string of the molecule is O=C(NCCCO)c1ccccc1NC(=S)NC(=O)c1ccccc1OCCOc1ccccc1. The number of nitrogens with one attached hydrogen (secondary N) is 3. The van der Waals surface area contributed by atoms with Crippen molar-refractivity contribution in [3.05, 3.63) is 90.0 Å². The van der Waals surface area contributed by atoms with E-state index in [1.807, 2.05) is 30.3 Å². The number of thiocarbonyl (C=S) groups is 1. The highest BCUT2D eigenvalue weighted by atomic mass is 32.1. The zero-order valence-corrected chi connectivity index (χ0v) is 19.8. The highest BCUT2D eigenvalue weighted by Crippen LogP contribution is 2.19. The van der Waals surface area contributed by atoms with Crippen molar-refractivity contribution in [3.63, 3.8) is 0 Å². The summed E-state index contributed by atoms with van der Waals surface area (Å²) in [7, 11) is 0. The van der Waals surface area contributed by atoms with E-state index in [-0.39, 0.29) is 24.2 Å². The number of carbonyl (C=O) groups excluding carboxylic acids is 2. The van der Waals surface area contributed by atoms with Crippen LogP contribution in [0.15, 0.2) is 78.9 Å². The van der Waals surface area contributed by atoms with Crippen molar-refractivity contribution in [2.24, 2.45) is 0 Å². The maximum absolute atomic E-state index is 12.9. The molecule has 0 aliphatic carbocycles. The van der Waals surface area contributed by atoms with Crippen molar-refractivity contribution < 1.29 is 24.2 Å². The standard InChI is InChI=1S/C26H27N3O5S/c30-16-8-15-27-24(31)20-11-4-6-13-22(20)28-26(35)29-25(32)21-12-5-7-14-23(21)34-18-17-33-19-9-2-1-3-10-19/h1-7,9-14,30H,8,15-18H2,(H,27,31)(H2,28,29,32,35). The lowest BCUT2D eigenvalue weighted by atomic mass is 10.1. The second kappa shape index (κ2) is 13.7. The minimum absolute atomic E-state index is 0.0124. The molecule has 8 nitrogen and oxygen atoms in total. The van der Waals surface area contributed by atoms with Gasteiger partial charge in [0.15, 0.2) is 5.11 Å². The fourth-order valence-electron chi connectivity index (χ4n) is 3.10. The molecule has 0 atom stereocenters. The van der Waals surface area contributed by atoms with Crippen LogP contribution in [0.5, 0.6) is 11.5 Å². The molecule has 4 N–H and O–H groups in total. The molecular formula is C26H27N3O5S. The molecule has 2 amide bonds. The normalized spacial score (nSPS) is 10.2. The number of aliphatic hydroxyl groups is 1. The van der Waals surface area contributed by atoms with Crippen LogP contribution in [0, 0.1) is 0 Å². The van der Waals surface area contributed by atoms with Crippen LogP contribution in [0.1, 0.15) is 27.1 Å². The van der Waals surface area contributed by atoms with Gasteiger partial charge in [0.1, 0.15) is 24.7 Å². The first-order chi connectivity index (χ1) is 17.1. The third-order valence-electron chi connectivity index (χ3n) is 4.75. The van der Waals surface area contributed by atoms with Gasteiger partial charge in [-0.2, -0.15) is 0 Å². The Balaban J connectivity index is 1.56. The molecule has 3 aromatic carbocycles. The molecule has 0 fully saturated rings. The topological polar surface area (TPSA) is 109 Å². The lowest BCUT2D eigenvalue weighted by Gasteiger charge is -2.15. The van der Waals surface area contributed by atoms with E-state index >= 15 is 0 Å². The summed E-state index contributed by atoms with van der Waals surface area (Å²) in [6.45, 7) is 0.900. The van der Waals surface area contributed by atoms with Gasteiger partial charge in [0.05, 0.1) is 16.8 Å². The molecule has 35 heavy (non-hydrogen) atoms. The van der Waals surface area contributed by atoms with Crippen molar-refractivity contribution in [2.45, 2.75) is 6.42 Å². The Labute approximate surface area is 209 Å². The van der Waals surface area contributed by atoms with Crippen LogP contribution in [0.2, 0.25) is 0 Å². The molecule has 3 rings (SSSR count). The molecular weight excluding hydrogens is 466 g/mol. The molecule has 0 aliphatic rings. The quantitative estimate of drug-likeness (QED) is 0.240. The Morgan fingerprint density at radius 1 is 0.800 bits per heavy atom. The number of hydrogen-bond acceptors (Lipinski definition) is 6. The molecule has 0 heterocycles. The molecule has 0 spiro atoms. The minimum atomic E-state index is -0.452. The average molecular weight is 494 g/mol. The average Bonchev–Trinajstić information content (AvgIpc) is 2.88. The molecule has 0 bridgehead atoms. The van der Waals surface area contributed by atoms with Crippen molar-refractivity contribution in [2.75, 3.05) is 31.7 Å². The fraction of sp³-hybridized carbons (Fsp3) is 0.192. The van der Waals surface area contributed by atoms with Crippen LogP contribution in [-0.4, -0.2) is 48.4 Å². The van der Waals surface area contributed by atoms with E-state index in [1.165, 1.54) is 0 Å². The number of amides is 2. The Morgan fingerprint density at radius 3 is 2.23 bits per heavy atom. The summed E-state index contributed by atoms with van der Waals surface area (Å²) in [6.07, 6.45) is 0.454.